The fraction of sp³-hybridized carbons (Fsp3) is 0.583. The lowest BCUT2D eigenvalue weighted by Gasteiger charge is -2.51. The molecule has 0 spiro atoms. The van der Waals surface area contributed by atoms with Crippen molar-refractivity contribution in [2.45, 2.75) is 32.4 Å². The Hall–Kier alpha value is -1.49. The minimum atomic E-state index is -0.116. The van der Waals surface area contributed by atoms with Crippen molar-refractivity contribution in [3.63, 3.8) is 0 Å². The molecule has 2 atom stereocenters. The highest BCUT2D eigenvalue weighted by Gasteiger charge is 2.49. The summed E-state index contributed by atoms with van der Waals surface area (Å²) in [6.45, 7) is 4.19. The van der Waals surface area contributed by atoms with Crippen LogP contribution in [0.2, 0.25) is 0 Å². The van der Waals surface area contributed by atoms with Crippen LogP contribution in [0.3, 0.4) is 0 Å². The number of nitrogen functional groups attached to an aromatic ring is 1. The summed E-state index contributed by atoms with van der Waals surface area (Å²) < 4.78 is 5.34. The van der Waals surface area contributed by atoms with Crippen LogP contribution in [0.5, 0.6) is 0 Å². The quantitative estimate of drug-likeness (QED) is 0.737. The summed E-state index contributed by atoms with van der Waals surface area (Å²) in [5, 5.41) is 2.99. The Morgan fingerprint density at radius 1 is 1.65 bits per heavy atom. The molecule has 5 nitrogen and oxygen atoms in total. The highest BCUT2D eigenvalue weighted by Crippen LogP contribution is 2.42. The Morgan fingerprint density at radius 3 is 2.82 bits per heavy atom. The van der Waals surface area contributed by atoms with E-state index in [0.29, 0.717) is 11.4 Å². The Bertz CT molecular complexity index is 425. The maximum Gasteiger partial charge on any atom is 0.268 e. The average molecular weight is 237 g/mol. The highest BCUT2D eigenvalue weighted by molar-refractivity contribution is 5.93. The number of methoxy groups -OCH3 is 1. The molecule has 17 heavy (non-hydrogen) atoms. The van der Waals surface area contributed by atoms with Gasteiger partial charge in [-0.15, -0.1) is 0 Å². The number of aromatic nitrogens is 1. The Morgan fingerprint density at radius 2 is 2.35 bits per heavy atom. The van der Waals surface area contributed by atoms with Crippen LogP contribution in [-0.4, -0.2) is 30.1 Å². The van der Waals surface area contributed by atoms with Gasteiger partial charge in [-0.2, -0.15) is 0 Å². The van der Waals surface area contributed by atoms with Crippen molar-refractivity contribution in [1.29, 1.82) is 0 Å². The molecule has 0 saturated heterocycles. The van der Waals surface area contributed by atoms with Gasteiger partial charge in [-0.1, -0.05) is 13.8 Å². The van der Waals surface area contributed by atoms with Crippen molar-refractivity contribution in [2.75, 3.05) is 12.8 Å². The van der Waals surface area contributed by atoms with E-state index in [2.05, 4.69) is 24.1 Å². The summed E-state index contributed by atoms with van der Waals surface area (Å²) in [6.07, 6.45) is 2.67. The van der Waals surface area contributed by atoms with E-state index in [1.807, 2.05) is 0 Å². The zero-order chi connectivity index (χ0) is 12.6. The topological polar surface area (TPSA) is 80.1 Å². The number of hydrogen-bond donors (Lipinski definition) is 3. The number of hydrogen-bond acceptors (Lipinski definition) is 3. The van der Waals surface area contributed by atoms with Crippen molar-refractivity contribution in [3.8, 4) is 0 Å². The molecule has 1 aromatic rings. The van der Waals surface area contributed by atoms with Gasteiger partial charge in [0.25, 0.3) is 5.91 Å². The number of ether oxygens (including phenoxy) is 1. The molecule has 2 rings (SSSR count). The predicted octanol–water partition coefficient (Wildman–Crippen LogP) is 1.14. The summed E-state index contributed by atoms with van der Waals surface area (Å²) >= 11 is 0. The molecule has 5 heteroatoms. The second-order valence-electron chi connectivity index (χ2n) is 5.15. The standard InChI is InChI=1S/C12H19N3O2/c1-12(2)9(5-10(12)17-3)15-11(16)8-4-7(13)6-14-8/h4,6,9-10,14H,5,13H2,1-3H3,(H,15,16). The Labute approximate surface area is 101 Å². The first-order valence-electron chi connectivity index (χ1n) is 5.72. The number of nitrogens with one attached hydrogen (secondary N) is 2. The lowest BCUT2D eigenvalue weighted by atomic mass is 9.64. The van der Waals surface area contributed by atoms with Gasteiger partial charge in [0.1, 0.15) is 5.69 Å². The van der Waals surface area contributed by atoms with Crippen molar-refractivity contribution >= 4 is 11.6 Å². The van der Waals surface area contributed by atoms with Crippen LogP contribution >= 0.6 is 0 Å². The summed E-state index contributed by atoms with van der Waals surface area (Å²) in [6, 6.07) is 1.78. The third-order valence-electron chi connectivity index (χ3n) is 3.72. The molecule has 1 aliphatic carbocycles. The van der Waals surface area contributed by atoms with Gasteiger partial charge >= 0.3 is 0 Å². The average Bonchev–Trinajstić information content (AvgIpc) is 2.70. The largest absolute Gasteiger partial charge is 0.397 e. The van der Waals surface area contributed by atoms with Gasteiger partial charge in [0, 0.05) is 30.5 Å². The van der Waals surface area contributed by atoms with Crippen LogP contribution in [0.1, 0.15) is 30.8 Å². The SMILES string of the molecule is COC1CC(NC(=O)c2cc(N)c[nH]2)C1(C)C. The van der Waals surface area contributed by atoms with Gasteiger partial charge in [-0.3, -0.25) is 4.79 Å². The molecule has 0 bridgehead atoms. The van der Waals surface area contributed by atoms with Crippen LogP contribution in [-0.2, 0) is 4.74 Å². The lowest BCUT2D eigenvalue weighted by molar-refractivity contribution is -0.0942. The zero-order valence-electron chi connectivity index (χ0n) is 10.4. The predicted molar refractivity (Wildman–Crippen MR) is 65.7 cm³/mol. The highest BCUT2D eigenvalue weighted by atomic mass is 16.5. The molecular weight excluding hydrogens is 218 g/mol. The second-order valence-corrected chi connectivity index (χ2v) is 5.15. The second kappa shape index (κ2) is 4.07. The lowest BCUT2D eigenvalue weighted by Crippen LogP contribution is -2.61. The molecule has 1 aliphatic rings. The van der Waals surface area contributed by atoms with E-state index in [1.165, 1.54) is 0 Å². The van der Waals surface area contributed by atoms with Gasteiger partial charge in [-0.25, -0.2) is 0 Å². The van der Waals surface area contributed by atoms with Crippen LogP contribution in [0.4, 0.5) is 5.69 Å². The first-order chi connectivity index (χ1) is 7.95. The first kappa shape index (κ1) is 12.0. The van der Waals surface area contributed by atoms with E-state index in [9.17, 15) is 4.79 Å². The number of carbonyl (C=O) groups is 1. The maximum atomic E-state index is 11.9. The number of anilines is 1. The monoisotopic (exact) mass is 237 g/mol. The molecule has 1 heterocycles. The van der Waals surface area contributed by atoms with Crippen LogP contribution in [0, 0.1) is 5.41 Å². The molecule has 0 aliphatic heterocycles. The van der Waals surface area contributed by atoms with E-state index >= 15 is 0 Å². The van der Waals surface area contributed by atoms with Gasteiger partial charge in [-0.05, 0) is 12.5 Å². The minimum absolute atomic E-state index is 0.0253. The molecule has 0 aromatic carbocycles. The Kier molecular flexibility index (Phi) is 2.87. The van der Waals surface area contributed by atoms with E-state index in [4.69, 9.17) is 10.5 Å². The van der Waals surface area contributed by atoms with Gasteiger partial charge in [0.2, 0.25) is 0 Å². The molecule has 1 amide bonds. The molecule has 1 aromatic heterocycles. The van der Waals surface area contributed by atoms with E-state index in [0.717, 1.165) is 6.42 Å². The summed E-state index contributed by atoms with van der Waals surface area (Å²) in [7, 11) is 1.70. The number of amides is 1. The number of aromatic amines is 1. The normalized spacial score (nSPS) is 26.3. The van der Waals surface area contributed by atoms with Gasteiger partial charge < -0.3 is 20.8 Å². The fourth-order valence-corrected chi connectivity index (χ4v) is 2.31. The van der Waals surface area contributed by atoms with Crippen LogP contribution in [0.25, 0.3) is 0 Å². The number of carbonyl (C=O) groups excluding carboxylic acids is 1. The molecule has 1 fully saturated rings. The zero-order valence-corrected chi connectivity index (χ0v) is 10.4. The summed E-state index contributed by atoms with van der Waals surface area (Å²) in [4.78, 5) is 14.7. The molecule has 94 valence electrons. The summed E-state index contributed by atoms with van der Waals surface area (Å²) in [5.74, 6) is -0.116. The van der Waals surface area contributed by atoms with Crippen LogP contribution < -0.4 is 11.1 Å². The number of rotatable bonds is 3. The fourth-order valence-electron chi connectivity index (χ4n) is 2.31. The third kappa shape index (κ3) is 2.02. The van der Waals surface area contributed by atoms with Gasteiger partial charge in [0.05, 0.1) is 6.10 Å². The first-order valence-corrected chi connectivity index (χ1v) is 5.72. The maximum absolute atomic E-state index is 11.9. The third-order valence-corrected chi connectivity index (χ3v) is 3.72. The summed E-state index contributed by atoms with van der Waals surface area (Å²) in [5.41, 5.74) is 6.60. The number of nitrogens with two attached hydrogens (primary N) is 1. The Balaban J connectivity index is 1.97. The molecule has 0 radical (unpaired) electrons. The van der Waals surface area contributed by atoms with Crippen molar-refractivity contribution in [1.82, 2.24) is 10.3 Å². The van der Waals surface area contributed by atoms with Crippen LogP contribution in [0.15, 0.2) is 12.3 Å². The van der Waals surface area contributed by atoms with E-state index in [1.54, 1.807) is 19.4 Å². The molecule has 2 unspecified atom stereocenters. The van der Waals surface area contributed by atoms with Crippen molar-refractivity contribution in [2.24, 2.45) is 5.41 Å². The van der Waals surface area contributed by atoms with Gasteiger partial charge in [0.15, 0.2) is 0 Å². The van der Waals surface area contributed by atoms with Crippen molar-refractivity contribution in [3.05, 3.63) is 18.0 Å². The van der Waals surface area contributed by atoms with E-state index in [-0.39, 0.29) is 23.5 Å². The molecular formula is C12H19N3O2. The molecule has 1 saturated carbocycles. The van der Waals surface area contributed by atoms with E-state index < -0.39 is 0 Å². The van der Waals surface area contributed by atoms with Crippen molar-refractivity contribution < 1.29 is 9.53 Å². The number of H-pyrrole nitrogens is 1. The minimum Gasteiger partial charge on any atom is -0.397 e. The smallest absolute Gasteiger partial charge is 0.268 e. The molecule has 4 N–H and O–H groups in total.